The Morgan fingerprint density at radius 3 is 2.21 bits per heavy atom. The van der Waals surface area contributed by atoms with Crippen LogP contribution in [0.5, 0.6) is 0 Å². The van der Waals surface area contributed by atoms with Crippen LogP contribution in [-0.2, 0) is 10.0 Å². The van der Waals surface area contributed by atoms with Crippen molar-refractivity contribution >= 4 is 38.7 Å². The molecule has 3 aromatic carbocycles. The molecule has 1 aliphatic heterocycles. The van der Waals surface area contributed by atoms with Gasteiger partial charge in [0.1, 0.15) is 0 Å². The molecule has 5 rings (SSSR count). The Kier molecular flexibility index (Phi) is 6.16. The Morgan fingerprint density at radius 2 is 1.50 bits per heavy atom. The molecule has 1 aromatic heterocycles. The van der Waals surface area contributed by atoms with Crippen molar-refractivity contribution in [2.45, 2.75) is 4.90 Å². The van der Waals surface area contributed by atoms with Gasteiger partial charge in [-0.1, -0.05) is 60.1 Å². The van der Waals surface area contributed by atoms with Crippen LogP contribution in [-0.4, -0.2) is 61.7 Å². The van der Waals surface area contributed by atoms with E-state index in [4.69, 9.17) is 16.7 Å². The van der Waals surface area contributed by atoms with Crippen molar-refractivity contribution in [3.8, 4) is 11.3 Å². The van der Waals surface area contributed by atoms with Crippen molar-refractivity contribution in [2.24, 2.45) is 5.10 Å². The maximum atomic E-state index is 14.0. The Hall–Kier alpha value is -3.13. The molecular formula is C26H25ClN4O2S. The van der Waals surface area contributed by atoms with Gasteiger partial charge < -0.3 is 4.90 Å². The number of fused-ring (bicyclic) bond motifs is 1. The smallest absolute Gasteiger partial charge is 0.268 e. The number of rotatable bonds is 5. The predicted octanol–water partition coefficient (Wildman–Crippen LogP) is 4.78. The first-order valence-corrected chi connectivity index (χ1v) is 12.9. The molecule has 1 fully saturated rings. The zero-order valence-corrected chi connectivity index (χ0v) is 20.4. The van der Waals surface area contributed by atoms with E-state index < -0.39 is 10.0 Å². The molecule has 4 aromatic rings. The van der Waals surface area contributed by atoms with E-state index in [0.717, 1.165) is 42.7 Å². The van der Waals surface area contributed by atoms with Crippen LogP contribution in [0.1, 0.15) is 5.56 Å². The number of nitrogens with zero attached hydrogens (tertiary/aromatic N) is 4. The first-order chi connectivity index (χ1) is 16.4. The largest absolute Gasteiger partial charge is 0.303 e. The maximum Gasteiger partial charge on any atom is 0.268 e. The molecule has 0 radical (unpaired) electrons. The Bertz CT molecular complexity index is 1440. The lowest BCUT2D eigenvalue weighted by molar-refractivity contribution is 0.159. The molecule has 8 heteroatoms. The van der Waals surface area contributed by atoms with Crippen LogP contribution >= 0.6 is 11.6 Å². The van der Waals surface area contributed by atoms with Gasteiger partial charge in [0.25, 0.3) is 10.0 Å². The molecule has 0 unspecified atom stereocenters. The van der Waals surface area contributed by atoms with Crippen molar-refractivity contribution in [1.29, 1.82) is 0 Å². The summed E-state index contributed by atoms with van der Waals surface area (Å²) < 4.78 is 29.4. The molecule has 0 amide bonds. The molecule has 174 valence electrons. The van der Waals surface area contributed by atoms with Crippen LogP contribution in [0.25, 0.3) is 22.2 Å². The van der Waals surface area contributed by atoms with Crippen molar-refractivity contribution in [1.82, 2.24) is 13.9 Å². The number of para-hydroxylation sites is 1. The van der Waals surface area contributed by atoms with E-state index in [-0.39, 0.29) is 4.90 Å². The predicted molar refractivity (Wildman–Crippen MR) is 138 cm³/mol. The maximum absolute atomic E-state index is 14.0. The van der Waals surface area contributed by atoms with Crippen LogP contribution in [0.3, 0.4) is 0 Å². The molecule has 0 atom stereocenters. The minimum Gasteiger partial charge on any atom is -0.303 e. The van der Waals surface area contributed by atoms with Crippen LogP contribution in [0.2, 0.25) is 5.02 Å². The summed E-state index contributed by atoms with van der Waals surface area (Å²) in [6.45, 7) is 3.54. The van der Waals surface area contributed by atoms with Crippen LogP contribution in [0, 0.1) is 0 Å². The lowest BCUT2D eigenvalue weighted by Crippen LogP contribution is -2.41. The fourth-order valence-corrected chi connectivity index (χ4v) is 5.93. The molecule has 0 spiro atoms. The average Bonchev–Trinajstić information content (AvgIpc) is 3.20. The zero-order valence-electron chi connectivity index (χ0n) is 18.8. The van der Waals surface area contributed by atoms with Gasteiger partial charge in [0.2, 0.25) is 0 Å². The van der Waals surface area contributed by atoms with Crippen molar-refractivity contribution in [3.63, 3.8) is 0 Å². The fourth-order valence-electron chi connectivity index (χ4n) is 4.25. The Balaban J connectivity index is 1.75. The second-order valence-corrected chi connectivity index (χ2v) is 10.6. The van der Waals surface area contributed by atoms with E-state index in [1.54, 1.807) is 24.3 Å². The lowest BCUT2D eigenvalue weighted by atomic mass is 10.1. The average molecular weight is 493 g/mol. The second-order valence-electron chi connectivity index (χ2n) is 8.37. The lowest BCUT2D eigenvalue weighted by Gasteiger charge is -2.30. The zero-order chi connectivity index (χ0) is 23.7. The van der Waals surface area contributed by atoms with Gasteiger partial charge in [-0.25, -0.2) is 12.4 Å². The number of benzene rings is 3. The number of hydrogen-bond donors (Lipinski definition) is 0. The summed E-state index contributed by atoms with van der Waals surface area (Å²) in [6.07, 6.45) is 1.81. The highest BCUT2D eigenvalue weighted by atomic mass is 35.5. The van der Waals surface area contributed by atoms with Crippen molar-refractivity contribution in [2.75, 3.05) is 33.2 Å². The number of aromatic nitrogens is 1. The number of likely N-dealkylation sites (N-methyl/N-ethyl adjacent to an activating group) is 1. The molecule has 1 saturated heterocycles. The third-order valence-electron chi connectivity index (χ3n) is 6.10. The summed E-state index contributed by atoms with van der Waals surface area (Å²) in [7, 11) is -1.81. The second kappa shape index (κ2) is 9.25. The van der Waals surface area contributed by atoms with Crippen LogP contribution in [0.15, 0.2) is 88.9 Å². The minimum atomic E-state index is -3.91. The summed E-state index contributed by atoms with van der Waals surface area (Å²) in [5.74, 6) is 0. The van der Waals surface area contributed by atoms with E-state index in [1.165, 1.54) is 3.97 Å². The number of hydrazone groups is 1. The van der Waals surface area contributed by atoms with E-state index >= 15 is 0 Å². The van der Waals surface area contributed by atoms with Gasteiger partial charge in [0.05, 0.1) is 22.3 Å². The molecule has 0 N–H and O–H groups in total. The van der Waals surface area contributed by atoms with Gasteiger partial charge in [0, 0.05) is 42.2 Å². The standard InChI is InChI=1S/C26H25ClN4O2S/c1-29-15-17-30(18-16-29)28-19-24-23-9-5-6-10-25(23)31(26(24)20-7-3-2-4-8-20)34(32,33)22-13-11-21(27)12-14-22/h2-14,19H,15-18H2,1H3. The molecular weight excluding hydrogens is 468 g/mol. The summed E-state index contributed by atoms with van der Waals surface area (Å²) in [6, 6.07) is 23.4. The van der Waals surface area contributed by atoms with Crippen molar-refractivity contribution in [3.05, 3.63) is 89.4 Å². The van der Waals surface area contributed by atoms with Crippen molar-refractivity contribution < 1.29 is 8.42 Å². The quantitative estimate of drug-likeness (QED) is 0.376. The van der Waals surface area contributed by atoms with E-state index in [1.807, 2.05) is 65.8 Å². The summed E-state index contributed by atoms with van der Waals surface area (Å²) in [5, 5.41) is 8.11. The molecule has 0 aliphatic carbocycles. The van der Waals surface area contributed by atoms with Gasteiger partial charge in [-0.3, -0.25) is 5.01 Å². The topological polar surface area (TPSA) is 57.9 Å². The van der Waals surface area contributed by atoms with Crippen LogP contribution < -0.4 is 0 Å². The number of hydrogen-bond acceptors (Lipinski definition) is 5. The molecule has 34 heavy (non-hydrogen) atoms. The fraction of sp³-hybridized carbons (Fsp3) is 0.192. The number of piperazine rings is 1. The first-order valence-electron chi connectivity index (χ1n) is 11.1. The van der Waals surface area contributed by atoms with Gasteiger partial charge >= 0.3 is 0 Å². The minimum absolute atomic E-state index is 0.178. The molecule has 1 aliphatic rings. The van der Waals surface area contributed by atoms with E-state index in [9.17, 15) is 8.42 Å². The van der Waals surface area contributed by atoms with Crippen LogP contribution in [0.4, 0.5) is 0 Å². The highest BCUT2D eigenvalue weighted by Crippen LogP contribution is 2.36. The highest BCUT2D eigenvalue weighted by Gasteiger charge is 2.27. The summed E-state index contributed by atoms with van der Waals surface area (Å²) >= 11 is 6.03. The Labute approximate surface area is 204 Å². The molecule has 0 bridgehead atoms. The SMILES string of the molecule is CN1CCN(N=Cc2c(-c3ccccc3)n(S(=O)(=O)c3ccc(Cl)cc3)c3ccccc23)CC1. The molecule has 2 heterocycles. The highest BCUT2D eigenvalue weighted by molar-refractivity contribution is 7.90. The van der Waals surface area contributed by atoms with Gasteiger partial charge in [-0.05, 0) is 42.9 Å². The summed E-state index contributed by atoms with van der Waals surface area (Å²) in [4.78, 5) is 2.45. The Morgan fingerprint density at radius 1 is 0.853 bits per heavy atom. The third-order valence-corrected chi connectivity index (χ3v) is 8.08. The number of halogens is 1. The van der Waals surface area contributed by atoms with E-state index in [2.05, 4.69) is 11.9 Å². The normalized spacial score (nSPS) is 15.4. The molecule has 6 nitrogen and oxygen atoms in total. The summed E-state index contributed by atoms with van der Waals surface area (Å²) in [5.41, 5.74) is 2.78. The first kappa shape index (κ1) is 22.7. The monoisotopic (exact) mass is 492 g/mol. The van der Waals surface area contributed by atoms with Gasteiger partial charge in [-0.2, -0.15) is 5.10 Å². The van der Waals surface area contributed by atoms with Gasteiger partial charge in [0.15, 0.2) is 0 Å². The van der Waals surface area contributed by atoms with E-state index in [0.29, 0.717) is 16.2 Å². The molecule has 0 saturated carbocycles. The van der Waals surface area contributed by atoms with Gasteiger partial charge in [-0.15, -0.1) is 0 Å². The third kappa shape index (κ3) is 4.22.